The van der Waals surface area contributed by atoms with Gasteiger partial charge in [-0.1, -0.05) is 65.8 Å². The van der Waals surface area contributed by atoms with E-state index in [-0.39, 0.29) is 18.8 Å². The van der Waals surface area contributed by atoms with Gasteiger partial charge < -0.3 is 14.2 Å². The van der Waals surface area contributed by atoms with Crippen LogP contribution in [-0.4, -0.2) is 29.5 Å². The molecule has 0 radical (unpaired) electrons. The van der Waals surface area contributed by atoms with Gasteiger partial charge in [-0.3, -0.25) is 9.59 Å². The van der Waals surface area contributed by atoms with E-state index in [4.69, 9.17) is 16.3 Å². The van der Waals surface area contributed by atoms with Gasteiger partial charge in [-0.05, 0) is 55.8 Å². The van der Waals surface area contributed by atoms with Crippen molar-refractivity contribution in [1.29, 1.82) is 0 Å². The van der Waals surface area contributed by atoms with Crippen molar-refractivity contribution in [3.8, 4) is 0 Å². The lowest BCUT2D eigenvalue weighted by atomic mass is 10.1. The normalized spacial score (nSPS) is 12.1. The molecule has 188 valence electrons. The van der Waals surface area contributed by atoms with Crippen molar-refractivity contribution in [2.75, 3.05) is 18.1 Å². The molecule has 5 rings (SSSR count). The fourth-order valence-electron chi connectivity index (χ4n) is 4.64. The predicted molar refractivity (Wildman–Crippen MR) is 148 cm³/mol. The molecule has 0 fully saturated rings. The smallest absolute Gasteiger partial charge is 0.308 e. The molecule has 0 saturated heterocycles. The van der Waals surface area contributed by atoms with E-state index in [0.717, 1.165) is 38.1 Å². The summed E-state index contributed by atoms with van der Waals surface area (Å²) in [4.78, 5) is 30.1. The van der Waals surface area contributed by atoms with Crippen LogP contribution in [-0.2, 0) is 16.1 Å². The number of fused-ring (bicyclic) bond motifs is 2. The second-order valence-electron chi connectivity index (χ2n) is 8.99. The molecule has 2 heterocycles. The molecule has 0 N–H and O–H groups in total. The number of hydrogen-bond donors (Lipinski definition) is 0. The third kappa shape index (κ3) is 5.31. The van der Waals surface area contributed by atoms with Crippen molar-refractivity contribution in [1.82, 2.24) is 4.57 Å². The molecule has 5 nitrogen and oxygen atoms in total. The first-order valence-electron chi connectivity index (χ1n) is 12.1. The number of anilines is 2. The van der Waals surface area contributed by atoms with Crippen molar-refractivity contribution in [3.63, 3.8) is 0 Å². The summed E-state index contributed by atoms with van der Waals surface area (Å²) in [6, 6.07) is 25.8. The van der Waals surface area contributed by atoms with Crippen LogP contribution in [0.1, 0.15) is 33.7 Å². The molecule has 7 heteroatoms. The minimum atomic E-state index is -0.397. The van der Waals surface area contributed by atoms with Crippen LogP contribution in [0.5, 0.6) is 0 Å². The third-order valence-corrected chi connectivity index (χ3v) is 8.10. The van der Waals surface area contributed by atoms with E-state index in [9.17, 15) is 9.59 Å². The Bertz CT molecular complexity index is 1430. The summed E-state index contributed by atoms with van der Waals surface area (Å²) in [7, 11) is 0. The van der Waals surface area contributed by atoms with E-state index in [0.29, 0.717) is 23.7 Å². The molecule has 1 aromatic heterocycles. The number of esters is 1. The molecule has 0 bridgehead atoms. The van der Waals surface area contributed by atoms with Gasteiger partial charge in [-0.15, -0.1) is 0 Å². The zero-order chi connectivity index (χ0) is 25.9. The fraction of sp³-hybridized carbons (Fsp3) is 0.200. The molecule has 37 heavy (non-hydrogen) atoms. The van der Waals surface area contributed by atoms with Crippen LogP contribution in [0.2, 0.25) is 5.02 Å². The second kappa shape index (κ2) is 10.9. The zero-order valence-corrected chi connectivity index (χ0v) is 22.3. The van der Waals surface area contributed by atoms with Gasteiger partial charge in [0.1, 0.15) is 0 Å². The molecule has 0 amide bonds. The van der Waals surface area contributed by atoms with Crippen molar-refractivity contribution in [3.05, 3.63) is 106 Å². The van der Waals surface area contributed by atoms with Crippen molar-refractivity contribution in [2.45, 2.75) is 36.6 Å². The summed E-state index contributed by atoms with van der Waals surface area (Å²) in [6.07, 6.45) is 0.173. The maximum atomic E-state index is 13.0. The maximum absolute atomic E-state index is 13.0. The molecule has 0 saturated carbocycles. The number of hydrogen-bond acceptors (Lipinski definition) is 5. The molecule has 1 aliphatic heterocycles. The Labute approximate surface area is 226 Å². The molecule has 0 atom stereocenters. The first-order chi connectivity index (χ1) is 17.9. The van der Waals surface area contributed by atoms with Gasteiger partial charge in [-0.2, -0.15) is 0 Å². The molecule has 0 unspecified atom stereocenters. The lowest BCUT2D eigenvalue weighted by molar-refractivity contribution is -0.142. The van der Waals surface area contributed by atoms with Crippen LogP contribution in [0.4, 0.5) is 11.4 Å². The third-order valence-electron chi connectivity index (χ3n) is 6.60. The first-order valence-corrected chi connectivity index (χ1v) is 13.3. The number of aromatic nitrogens is 1. The van der Waals surface area contributed by atoms with Gasteiger partial charge >= 0.3 is 5.97 Å². The van der Waals surface area contributed by atoms with E-state index >= 15 is 0 Å². The summed E-state index contributed by atoms with van der Waals surface area (Å²) in [6.45, 7) is 4.62. The Hall–Kier alpha value is -3.48. The number of carbonyl (C=O) groups is 2. The molecule has 0 aliphatic carbocycles. The van der Waals surface area contributed by atoms with Crippen molar-refractivity contribution >= 4 is 46.5 Å². The molecule has 1 aliphatic rings. The maximum Gasteiger partial charge on any atom is 0.308 e. The van der Waals surface area contributed by atoms with Gasteiger partial charge in [-0.25, -0.2) is 0 Å². The van der Waals surface area contributed by atoms with E-state index in [1.54, 1.807) is 11.8 Å². The number of Topliss-reactive ketones (excluding diaryl/α,β-unsaturated/α-hetero) is 1. The van der Waals surface area contributed by atoms with Crippen molar-refractivity contribution in [2.24, 2.45) is 0 Å². The van der Waals surface area contributed by atoms with Gasteiger partial charge in [0.25, 0.3) is 0 Å². The number of ether oxygens (including phenoxy) is 1. The minimum absolute atomic E-state index is 0.173. The van der Waals surface area contributed by atoms with E-state index in [2.05, 4.69) is 33.7 Å². The highest BCUT2D eigenvalue weighted by molar-refractivity contribution is 7.99. The topological polar surface area (TPSA) is 51.5 Å². The highest BCUT2D eigenvalue weighted by Crippen LogP contribution is 2.47. The Balaban J connectivity index is 1.22. The van der Waals surface area contributed by atoms with Crippen LogP contribution in [0.15, 0.2) is 88.7 Å². The van der Waals surface area contributed by atoms with Gasteiger partial charge in [0.2, 0.25) is 5.78 Å². The number of halogens is 1. The number of benzene rings is 3. The summed E-state index contributed by atoms with van der Waals surface area (Å²) < 4.78 is 7.47. The fourth-order valence-corrected chi connectivity index (χ4v) is 5.94. The van der Waals surface area contributed by atoms with Gasteiger partial charge in [0.05, 0.1) is 17.8 Å². The SMILES string of the molecule is Cc1cc(C(=O)COC(=O)CCN2c3ccccc3Sc3ccccc32)c(C)n1Cc1ccccc1Cl. The predicted octanol–water partition coefficient (Wildman–Crippen LogP) is 7.23. The lowest BCUT2D eigenvalue weighted by Crippen LogP contribution is -2.25. The van der Waals surface area contributed by atoms with E-state index < -0.39 is 5.97 Å². The monoisotopic (exact) mass is 530 g/mol. The number of carbonyl (C=O) groups excluding carboxylic acids is 2. The van der Waals surface area contributed by atoms with Crippen LogP contribution in [0.25, 0.3) is 0 Å². The van der Waals surface area contributed by atoms with Crippen molar-refractivity contribution < 1.29 is 14.3 Å². The number of para-hydroxylation sites is 2. The zero-order valence-electron chi connectivity index (χ0n) is 20.7. The van der Waals surface area contributed by atoms with E-state index in [1.807, 2.05) is 68.4 Å². The second-order valence-corrected chi connectivity index (χ2v) is 10.5. The average molecular weight is 531 g/mol. The largest absolute Gasteiger partial charge is 0.457 e. The summed E-state index contributed by atoms with van der Waals surface area (Å²) in [5.74, 6) is -0.608. The molecule has 3 aromatic carbocycles. The average Bonchev–Trinajstić information content (AvgIpc) is 3.19. The Kier molecular flexibility index (Phi) is 7.40. The number of rotatable bonds is 8. The number of ketones is 1. The first kappa shape index (κ1) is 25.2. The summed E-state index contributed by atoms with van der Waals surface area (Å²) in [5.41, 5.74) is 5.47. The number of aryl methyl sites for hydroxylation is 1. The highest BCUT2D eigenvalue weighted by Gasteiger charge is 2.24. The molecule has 0 spiro atoms. The quantitative estimate of drug-likeness (QED) is 0.178. The Morgan fingerprint density at radius 2 is 1.51 bits per heavy atom. The van der Waals surface area contributed by atoms with E-state index in [1.165, 1.54) is 0 Å². The lowest BCUT2D eigenvalue weighted by Gasteiger charge is -2.32. The summed E-state index contributed by atoms with van der Waals surface area (Å²) >= 11 is 8.06. The summed E-state index contributed by atoms with van der Waals surface area (Å²) in [5, 5.41) is 0.689. The van der Waals surface area contributed by atoms with Gasteiger partial charge in [0, 0.05) is 44.9 Å². The van der Waals surface area contributed by atoms with Gasteiger partial charge in [0.15, 0.2) is 6.61 Å². The molecule has 4 aromatic rings. The molecular formula is C30H27ClN2O3S. The van der Waals surface area contributed by atoms with Crippen LogP contribution < -0.4 is 4.90 Å². The Morgan fingerprint density at radius 1 is 0.892 bits per heavy atom. The minimum Gasteiger partial charge on any atom is -0.457 e. The van der Waals surface area contributed by atoms with Crippen LogP contribution >= 0.6 is 23.4 Å². The Morgan fingerprint density at radius 3 is 2.19 bits per heavy atom. The number of nitrogens with zero attached hydrogens (tertiary/aromatic N) is 2. The van der Waals surface area contributed by atoms with Crippen LogP contribution in [0, 0.1) is 13.8 Å². The van der Waals surface area contributed by atoms with Crippen LogP contribution in [0.3, 0.4) is 0 Å². The standard InChI is InChI=1S/C30H27ClN2O3S/c1-20-17-23(21(2)33(20)18-22-9-3-4-10-24(22)31)27(34)19-36-30(35)15-16-32-25-11-5-7-13-28(25)37-29-14-8-6-12-26(29)32/h3-14,17H,15-16,18-19H2,1-2H3. The highest BCUT2D eigenvalue weighted by atomic mass is 35.5. The molecular weight excluding hydrogens is 504 g/mol.